The number of ether oxygens (including phenoxy) is 1. The number of fused-ring (bicyclic) bond motifs is 2. The molecule has 0 bridgehead atoms. The Bertz CT molecular complexity index is 988. The van der Waals surface area contributed by atoms with Crippen LogP contribution in [0, 0.1) is 11.8 Å². The number of rotatable bonds is 11. The van der Waals surface area contributed by atoms with Crippen molar-refractivity contribution in [1.82, 2.24) is 5.32 Å². The van der Waals surface area contributed by atoms with E-state index < -0.39 is 0 Å². The number of amides is 1. The van der Waals surface area contributed by atoms with Crippen LogP contribution in [0.15, 0.2) is 48.5 Å². The van der Waals surface area contributed by atoms with E-state index in [0.29, 0.717) is 51.5 Å². The third-order valence-corrected chi connectivity index (χ3v) is 5.34. The molecule has 1 N–H and O–H groups in total. The molecule has 2 aromatic carbocycles. The topological polar surface area (TPSA) is 58.6 Å². The molecule has 2 aromatic rings. The van der Waals surface area contributed by atoms with E-state index in [1.807, 2.05) is 48.5 Å². The van der Waals surface area contributed by atoms with E-state index in [1.165, 1.54) is 0 Å². The van der Waals surface area contributed by atoms with E-state index in [2.05, 4.69) is 31.0 Å². The minimum Gasteiger partial charge on any atom is -0.380 e. The summed E-state index contributed by atoms with van der Waals surface area (Å²) >= 11 is 0. The molecule has 0 saturated heterocycles. The van der Waals surface area contributed by atoms with Gasteiger partial charge in [0.15, 0.2) is 0 Å². The SMILES string of the molecule is CC(C)NCCOCCC(=O)CCCC(=O)N1Cc2ccccc2C#Cc2ccccc21. The van der Waals surface area contributed by atoms with Gasteiger partial charge in [-0.05, 0) is 30.2 Å². The molecule has 1 aliphatic rings. The van der Waals surface area contributed by atoms with Crippen LogP contribution in [0.1, 0.15) is 56.2 Å². The number of ketones is 1. The number of para-hydroxylation sites is 1. The van der Waals surface area contributed by atoms with Gasteiger partial charge < -0.3 is 15.0 Å². The van der Waals surface area contributed by atoms with Crippen LogP contribution >= 0.6 is 0 Å². The lowest BCUT2D eigenvalue weighted by Crippen LogP contribution is -2.31. The monoisotopic (exact) mass is 432 g/mol. The molecule has 5 heteroatoms. The van der Waals surface area contributed by atoms with Crippen molar-refractivity contribution in [3.63, 3.8) is 0 Å². The fourth-order valence-electron chi connectivity index (χ4n) is 3.61. The van der Waals surface area contributed by atoms with Gasteiger partial charge in [-0.2, -0.15) is 0 Å². The van der Waals surface area contributed by atoms with E-state index in [1.54, 1.807) is 4.90 Å². The van der Waals surface area contributed by atoms with Gasteiger partial charge in [0, 0.05) is 43.0 Å². The summed E-state index contributed by atoms with van der Waals surface area (Å²) in [5, 5.41) is 3.27. The lowest BCUT2D eigenvalue weighted by Gasteiger charge is -2.26. The number of carbonyl (C=O) groups is 2. The molecule has 0 aromatic heterocycles. The maximum absolute atomic E-state index is 13.1. The molecule has 0 aliphatic carbocycles. The number of nitrogens with one attached hydrogen (secondary N) is 1. The Labute approximate surface area is 191 Å². The van der Waals surface area contributed by atoms with Crippen LogP contribution in [-0.4, -0.2) is 37.5 Å². The predicted molar refractivity (Wildman–Crippen MR) is 127 cm³/mol. The summed E-state index contributed by atoms with van der Waals surface area (Å²) in [6, 6.07) is 16.1. The van der Waals surface area contributed by atoms with Crippen molar-refractivity contribution < 1.29 is 14.3 Å². The lowest BCUT2D eigenvalue weighted by atomic mass is 10.0. The molecule has 168 valence electrons. The average Bonchev–Trinajstić information content (AvgIpc) is 2.77. The number of hydrogen-bond acceptors (Lipinski definition) is 4. The Balaban J connectivity index is 1.52. The van der Waals surface area contributed by atoms with Gasteiger partial charge in [-0.3, -0.25) is 9.59 Å². The summed E-state index contributed by atoms with van der Waals surface area (Å²) in [7, 11) is 0. The second-order valence-corrected chi connectivity index (χ2v) is 8.27. The van der Waals surface area contributed by atoms with Gasteiger partial charge in [0.2, 0.25) is 5.91 Å². The maximum Gasteiger partial charge on any atom is 0.227 e. The van der Waals surface area contributed by atoms with Crippen LogP contribution in [0.2, 0.25) is 0 Å². The summed E-state index contributed by atoms with van der Waals surface area (Å²) in [5.41, 5.74) is 3.64. The molecule has 0 radical (unpaired) electrons. The number of carbonyl (C=O) groups excluding carboxylic acids is 2. The van der Waals surface area contributed by atoms with Crippen molar-refractivity contribution in [2.45, 2.75) is 52.1 Å². The molecular weight excluding hydrogens is 400 g/mol. The first kappa shape index (κ1) is 23.7. The van der Waals surface area contributed by atoms with Crippen molar-refractivity contribution >= 4 is 17.4 Å². The van der Waals surface area contributed by atoms with Crippen molar-refractivity contribution in [2.24, 2.45) is 0 Å². The van der Waals surface area contributed by atoms with Crippen molar-refractivity contribution in [3.05, 3.63) is 65.2 Å². The molecule has 0 atom stereocenters. The summed E-state index contributed by atoms with van der Waals surface area (Å²) < 4.78 is 5.50. The van der Waals surface area contributed by atoms with E-state index in [-0.39, 0.29) is 11.7 Å². The number of nitrogens with zero attached hydrogens (tertiary/aromatic N) is 1. The minimum absolute atomic E-state index is 0.0137. The van der Waals surface area contributed by atoms with Gasteiger partial charge in [0.1, 0.15) is 5.78 Å². The summed E-state index contributed by atoms with van der Waals surface area (Å²) in [5.74, 6) is 6.59. The Hall–Kier alpha value is -2.94. The first-order valence-corrected chi connectivity index (χ1v) is 11.4. The average molecular weight is 433 g/mol. The highest BCUT2D eigenvalue weighted by atomic mass is 16.5. The molecule has 0 spiro atoms. The van der Waals surface area contributed by atoms with Gasteiger partial charge in [-0.15, -0.1) is 0 Å². The molecule has 0 saturated carbocycles. The van der Waals surface area contributed by atoms with Gasteiger partial charge in [0.05, 0.1) is 25.4 Å². The van der Waals surface area contributed by atoms with Crippen LogP contribution in [0.3, 0.4) is 0 Å². The second-order valence-electron chi connectivity index (χ2n) is 8.27. The molecule has 3 rings (SSSR count). The predicted octanol–water partition coefficient (Wildman–Crippen LogP) is 4.08. The van der Waals surface area contributed by atoms with Gasteiger partial charge in [-0.1, -0.05) is 56.0 Å². The Morgan fingerprint density at radius 1 is 0.969 bits per heavy atom. The largest absolute Gasteiger partial charge is 0.380 e. The van der Waals surface area contributed by atoms with Gasteiger partial charge in [-0.25, -0.2) is 0 Å². The van der Waals surface area contributed by atoms with E-state index in [9.17, 15) is 9.59 Å². The quantitative estimate of drug-likeness (QED) is 0.429. The van der Waals surface area contributed by atoms with E-state index in [0.717, 1.165) is 28.9 Å². The van der Waals surface area contributed by atoms with Crippen molar-refractivity contribution in [1.29, 1.82) is 0 Å². The molecule has 5 nitrogen and oxygen atoms in total. The highest BCUT2D eigenvalue weighted by molar-refractivity contribution is 5.95. The third-order valence-electron chi connectivity index (χ3n) is 5.34. The minimum atomic E-state index is 0.0137. The highest BCUT2D eigenvalue weighted by Gasteiger charge is 2.21. The second kappa shape index (κ2) is 12.2. The highest BCUT2D eigenvalue weighted by Crippen LogP contribution is 2.26. The van der Waals surface area contributed by atoms with Gasteiger partial charge >= 0.3 is 0 Å². The normalized spacial score (nSPS) is 12.3. The van der Waals surface area contributed by atoms with E-state index >= 15 is 0 Å². The summed E-state index contributed by atoms with van der Waals surface area (Å²) in [4.78, 5) is 27.1. The summed E-state index contributed by atoms with van der Waals surface area (Å²) in [6.07, 6.45) is 1.66. The molecule has 1 aliphatic heterocycles. The Morgan fingerprint density at radius 2 is 1.69 bits per heavy atom. The first-order valence-electron chi connectivity index (χ1n) is 11.4. The first-order chi connectivity index (χ1) is 15.5. The number of Topliss-reactive ketones (excluding diaryl/α,β-unsaturated/α-hetero) is 1. The van der Waals surface area contributed by atoms with Crippen LogP contribution in [0.4, 0.5) is 5.69 Å². The molecule has 32 heavy (non-hydrogen) atoms. The smallest absolute Gasteiger partial charge is 0.227 e. The van der Waals surface area contributed by atoms with Gasteiger partial charge in [0.25, 0.3) is 0 Å². The Kier molecular flexibility index (Phi) is 9.03. The van der Waals surface area contributed by atoms with Crippen molar-refractivity contribution in [3.8, 4) is 11.8 Å². The Morgan fingerprint density at radius 3 is 2.50 bits per heavy atom. The maximum atomic E-state index is 13.1. The van der Waals surface area contributed by atoms with Crippen LogP contribution < -0.4 is 10.2 Å². The molecular formula is C27H32N2O3. The standard InChI is InChI=1S/C27H32N2O3/c1-21(2)28-17-19-32-18-16-25(30)11-7-13-27(31)29-20-24-10-4-3-8-22(24)14-15-23-9-5-6-12-26(23)29/h3-6,8-10,12,21,28H,7,11,13,16-20H2,1-2H3. The van der Waals surface area contributed by atoms with Crippen LogP contribution in [0.5, 0.6) is 0 Å². The van der Waals surface area contributed by atoms with E-state index in [4.69, 9.17) is 4.74 Å². The van der Waals surface area contributed by atoms with Crippen molar-refractivity contribution in [2.75, 3.05) is 24.7 Å². The number of anilines is 1. The zero-order valence-corrected chi connectivity index (χ0v) is 19.0. The zero-order valence-electron chi connectivity index (χ0n) is 19.0. The number of hydrogen-bond donors (Lipinski definition) is 1. The van der Waals surface area contributed by atoms with Crippen LogP contribution in [-0.2, 0) is 20.9 Å². The van der Waals surface area contributed by atoms with Crippen LogP contribution in [0.25, 0.3) is 0 Å². The summed E-state index contributed by atoms with van der Waals surface area (Å²) in [6.45, 7) is 6.47. The molecule has 0 unspecified atom stereocenters. The molecule has 1 heterocycles. The molecule has 1 amide bonds. The fourth-order valence-corrected chi connectivity index (χ4v) is 3.61. The third kappa shape index (κ3) is 7.05. The lowest BCUT2D eigenvalue weighted by molar-refractivity contribution is -0.120. The number of benzene rings is 2. The molecule has 0 fully saturated rings. The fraction of sp³-hybridized carbons (Fsp3) is 0.407. The zero-order chi connectivity index (χ0) is 22.8.